The summed E-state index contributed by atoms with van der Waals surface area (Å²) in [5.74, 6) is 0.870. The van der Waals surface area contributed by atoms with Gasteiger partial charge in [0.2, 0.25) is 0 Å². The summed E-state index contributed by atoms with van der Waals surface area (Å²) >= 11 is 1.65. The van der Waals surface area contributed by atoms with E-state index < -0.39 is 0 Å². The van der Waals surface area contributed by atoms with E-state index in [1.165, 1.54) is 4.70 Å². The average Bonchev–Trinajstić information content (AvgIpc) is 2.84. The lowest BCUT2D eigenvalue weighted by atomic mass is 10.3. The predicted octanol–water partition coefficient (Wildman–Crippen LogP) is 2.58. The van der Waals surface area contributed by atoms with Crippen molar-refractivity contribution in [1.82, 2.24) is 9.38 Å². The largest absolute Gasteiger partial charge is 0.497 e. The van der Waals surface area contributed by atoms with Crippen LogP contribution in [0.4, 0.5) is 0 Å². The van der Waals surface area contributed by atoms with Crippen molar-refractivity contribution in [3.63, 3.8) is 0 Å². The molecule has 0 aliphatic rings. The van der Waals surface area contributed by atoms with Crippen molar-refractivity contribution in [2.75, 3.05) is 7.11 Å². The fraction of sp³-hybridized carbons (Fsp3) is 0.250. The highest BCUT2D eigenvalue weighted by atomic mass is 32.1. The van der Waals surface area contributed by atoms with Gasteiger partial charge in [0.05, 0.1) is 23.0 Å². The molecular formula is C12H13N3OS. The highest BCUT2D eigenvalue weighted by Gasteiger charge is 2.11. The fourth-order valence-corrected chi connectivity index (χ4v) is 2.89. The summed E-state index contributed by atoms with van der Waals surface area (Å²) in [6.45, 7) is 1.94. The maximum Gasteiger partial charge on any atom is 0.195 e. The molecule has 0 aliphatic heterocycles. The third-order valence-corrected chi connectivity index (χ3v) is 3.80. The summed E-state index contributed by atoms with van der Waals surface area (Å²) in [6, 6.07) is 6.00. The molecule has 0 aliphatic carbocycles. The number of hydrogen-bond donors (Lipinski definition) is 1. The number of nitrogens with zero attached hydrogens (tertiary/aromatic N) is 2. The highest BCUT2D eigenvalue weighted by Crippen LogP contribution is 2.30. The molecule has 4 nitrogen and oxygen atoms in total. The number of ether oxygens (including phenoxy) is 1. The number of nitrogens with two attached hydrogens (primary N) is 1. The third kappa shape index (κ3) is 1.59. The molecule has 2 heterocycles. The molecule has 0 fully saturated rings. The summed E-state index contributed by atoms with van der Waals surface area (Å²) in [4.78, 5) is 5.49. The van der Waals surface area contributed by atoms with Crippen molar-refractivity contribution in [3.8, 4) is 5.75 Å². The molecule has 2 aromatic heterocycles. The fourth-order valence-electron chi connectivity index (χ4n) is 1.85. The van der Waals surface area contributed by atoms with Gasteiger partial charge in [-0.05, 0) is 25.1 Å². The number of hydrogen-bond acceptors (Lipinski definition) is 4. The van der Waals surface area contributed by atoms with Crippen LogP contribution in [0.25, 0.3) is 15.2 Å². The number of imidazole rings is 1. The molecule has 2 N–H and O–H groups in total. The maximum absolute atomic E-state index is 5.84. The summed E-state index contributed by atoms with van der Waals surface area (Å²) in [5, 5.41) is 0. The second kappa shape index (κ2) is 3.72. The van der Waals surface area contributed by atoms with Gasteiger partial charge in [0.25, 0.3) is 0 Å². The van der Waals surface area contributed by atoms with Crippen molar-refractivity contribution < 1.29 is 4.74 Å². The number of methoxy groups -OCH3 is 1. The summed E-state index contributed by atoms with van der Waals surface area (Å²) < 4.78 is 8.46. The van der Waals surface area contributed by atoms with Gasteiger partial charge in [-0.15, -0.1) is 0 Å². The quantitative estimate of drug-likeness (QED) is 0.757. The summed E-state index contributed by atoms with van der Waals surface area (Å²) in [6.07, 6.45) is 2.01. The molecule has 1 atom stereocenters. The van der Waals surface area contributed by atoms with Gasteiger partial charge in [0.1, 0.15) is 5.75 Å². The Morgan fingerprint density at radius 3 is 3.00 bits per heavy atom. The van der Waals surface area contributed by atoms with Crippen LogP contribution in [0.1, 0.15) is 18.7 Å². The lowest BCUT2D eigenvalue weighted by Gasteiger charge is -1.99. The zero-order chi connectivity index (χ0) is 12.0. The minimum atomic E-state index is -0.0320. The number of benzene rings is 1. The normalized spacial score (nSPS) is 13.4. The molecule has 5 heteroatoms. The first kappa shape index (κ1) is 10.6. The van der Waals surface area contributed by atoms with Crippen LogP contribution in [0.5, 0.6) is 5.75 Å². The van der Waals surface area contributed by atoms with Crippen molar-refractivity contribution in [3.05, 3.63) is 30.1 Å². The Hall–Kier alpha value is -1.59. The Labute approximate surface area is 103 Å². The van der Waals surface area contributed by atoms with Crippen LogP contribution in [0, 0.1) is 0 Å². The number of aromatic nitrogens is 2. The standard InChI is InChI=1S/C12H13N3OS/c1-7(13)9-6-15-10-4-3-8(16-2)5-11(10)17-12(15)14-9/h3-7H,13H2,1-2H3. The Morgan fingerprint density at radius 1 is 1.47 bits per heavy atom. The Bertz CT molecular complexity index is 683. The van der Waals surface area contributed by atoms with Crippen LogP contribution in [0.2, 0.25) is 0 Å². The molecule has 0 saturated carbocycles. The van der Waals surface area contributed by atoms with Crippen LogP contribution >= 0.6 is 11.3 Å². The van der Waals surface area contributed by atoms with Gasteiger partial charge < -0.3 is 10.5 Å². The van der Waals surface area contributed by atoms with Crippen molar-refractivity contribution in [2.45, 2.75) is 13.0 Å². The first-order valence-electron chi connectivity index (χ1n) is 5.40. The minimum Gasteiger partial charge on any atom is -0.497 e. The van der Waals surface area contributed by atoms with E-state index in [4.69, 9.17) is 10.5 Å². The van der Waals surface area contributed by atoms with Crippen LogP contribution in [0.3, 0.4) is 0 Å². The molecule has 0 radical (unpaired) electrons. The number of thiazole rings is 1. The molecule has 3 aromatic rings. The lowest BCUT2D eigenvalue weighted by Crippen LogP contribution is -2.04. The molecular weight excluding hydrogens is 234 g/mol. The second-order valence-corrected chi connectivity index (χ2v) is 5.05. The molecule has 0 bridgehead atoms. The van der Waals surface area contributed by atoms with Gasteiger partial charge in [0, 0.05) is 12.2 Å². The number of rotatable bonds is 2. The van der Waals surface area contributed by atoms with Crippen molar-refractivity contribution in [1.29, 1.82) is 0 Å². The van der Waals surface area contributed by atoms with Crippen LogP contribution in [0.15, 0.2) is 24.4 Å². The lowest BCUT2D eigenvalue weighted by molar-refractivity contribution is 0.415. The van der Waals surface area contributed by atoms with E-state index in [1.54, 1.807) is 18.4 Å². The summed E-state index contributed by atoms with van der Waals surface area (Å²) in [7, 11) is 1.67. The van der Waals surface area contributed by atoms with Gasteiger partial charge in [0.15, 0.2) is 4.96 Å². The van der Waals surface area contributed by atoms with E-state index >= 15 is 0 Å². The van der Waals surface area contributed by atoms with Crippen molar-refractivity contribution >= 4 is 26.5 Å². The second-order valence-electron chi connectivity index (χ2n) is 4.04. The van der Waals surface area contributed by atoms with Gasteiger partial charge in [-0.2, -0.15) is 0 Å². The third-order valence-electron chi connectivity index (χ3n) is 2.79. The summed E-state index contributed by atoms with van der Waals surface area (Å²) in [5.41, 5.74) is 7.90. The van der Waals surface area contributed by atoms with Gasteiger partial charge in [-0.1, -0.05) is 11.3 Å². The molecule has 0 spiro atoms. The molecule has 17 heavy (non-hydrogen) atoms. The van der Waals surface area contributed by atoms with E-state index in [0.717, 1.165) is 21.9 Å². The average molecular weight is 247 g/mol. The van der Waals surface area contributed by atoms with Gasteiger partial charge in [-0.3, -0.25) is 4.40 Å². The van der Waals surface area contributed by atoms with Gasteiger partial charge in [-0.25, -0.2) is 4.98 Å². The van der Waals surface area contributed by atoms with E-state index in [0.29, 0.717) is 0 Å². The van der Waals surface area contributed by atoms with E-state index in [1.807, 2.05) is 31.3 Å². The van der Waals surface area contributed by atoms with Crippen LogP contribution in [-0.2, 0) is 0 Å². The first-order chi connectivity index (χ1) is 8.19. The predicted molar refractivity (Wildman–Crippen MR) is 69.7 cm³/mol. The van der Waals surface area contributed by atoms with E-state index in [2.05, 4.69) is 9.38 Å². The Morgan fingerprint density at radius 2 is 2.29 bits per heavy atom. The molecule has 0 saturated heterocycles. The van der Waals surface area contributed by atoms with E-state index in [9.17, 15) is 0 Å². The molecule has 1 aromatic carbocycles. The van der Waals surface area contributed by atoms with Crippen molar-refractivity contribution in [2.24, 2.45) is 5.73 Å². The van der Waals surface area contributed by atoms with Crippen LogP contribution in [-0.4, -0.2) is 16.5 Å². The minimum absolute atomic E-state index is 0.0320. The highest BCUT2D eigenvalue weighted by molar-refractivity contribution is 7.23. The first-order valence-corrected chi connectivity index (χ1v) is 6.22. The Kier molecular flexibility index (Phi) is 2.31. The Balaban J connectivity index is 2.26. The SMILES string of the molecule is COc1ccc2c(c1)sc1nc(C(C)N)cn12. The number of fused-ring (bicyclic) bond motifs is 3. The van der Waals surface area contributed by atoms with Gasteiger partial charge >= 0.3 is 0 Å². The molecule has 1 unspecified atom stereocenters. The zero-order valence-corrected chi connectivity index (χ0v) is 10.5. The smallest absolute Gasteiger partial charge is 0.195 e. The molecule has 3 rings (SSSR count). The maximum atomic E-state index is 5.84. The molecule has 0 amide bonds. The topological polar surface area (TPSA) is 52.5 Å². The monoisotopic (exact) mass is 247 g/mol. The molecule has 88 valence electrons. The zero-order valence-electron chi connectivity index (χ0n) is 9.68. The van der Waals surface area contributed by atoms with Crippen LogP contribution < -0.4 is 10.5 Å². The van der Waals surface area contributed by atoms with E-state index in [-0.39, 0.29) is 6.04 Å².